The molecule has 0 aliphatic heterocycles. The minimum atomic E-state index is -3.54. The van der Waals surface area contributed by atoms with Gasteiger partial charge in [-0.15, -0.1) is 0 Å². The van der Waals surface area contributed by atoms with Gasteiger partial charge in [-0.25, -0.2) is 8.42 Å². The number of aryl methyl sites for hydroxylation is 2. The summed E-state index contributed by atoms with van der Waals surface area (Å²) in [6.45, 7) is 3.96. The summed E-state index contributed by atoms with van der Waals surface area (Å²) in [7, 11) is 0.381. The molecule has 0 bridgehead atoms. The van der Waals surface area contributed by atoms with Crippen molar-refractivity contribution in [3.05, 3.63) is 89.5 Å². The van der Waals surface area contributed by atoms with E-state index in [9.17, 15) is 8.42 Å². The van der Waals surface area contributed by atoms with Crippen molar-refractivity contribution < 1.29 is 8.42 Å². The zero-order valence-corrected chi connectivity index (χ0v) is 19.7. The highest BCUT2D eigenvalue weighted by Crippen LogP contribution is 2.33. The zero-order valence-electron chi connectivity index (χ0n) is 18.9. The fraction of sp³-hybridized carbons (Fsp3) is 0.185. The SMILES string of the molecule is Cc1ccc(-c2ccc(CS(=O)(=O)c3cccc4c(N(C)C)cccc34)c(C)c2)c(N)c1. The first-order valence-corrected chi connectivity index (χ1v) is 12.2. The Labute approximate surface area is 190 Å². The smallest absolute Gasteiger partial charge is 0.183 e. The van der Waals surface area contributed by atoms with E-state index < -0.39 is 9.84 Å². The number of nitrogen functional groups attached to an aromatic ring is 1. The number of benzene rings is 4. The molecular formula is C27H28N2O2S. The number of hydrogen-bond acceptors (Lipinski definition) is 4. The molecule has 0 aliphatic carbocycles. The molecule has 0 aromatic heterocycles. The van der Waals surface area contributed by atoms with Crippen molar-refractivity contribution in [1.29, 1.82) is 0 Å². The molecule has 0 fully saturated rings. The number of anilines is 2. The molecule has 0 aliphatic rings. The molecule has 4 aromatic carbocycles. The quantitative estimate of drug-likeness (QED) is 0.398. The van der Waals surface area contributed by atoms with Gasteiger partial charge in [-0.1, -0.05) is 54.6 Å². The minimum absolute atomic E-state index is 0.0478. The highest BCUT2D eigenvalue weighted by molar-refractivity contribution is 7.90. The molecule has 0 saturated carbocycles. The molecule has 4 aromatic rings. The average molecular weight is 445 g/mol. The third-order valence-electron chi connectivity index (χ3n) is 5.88. The lowest BCUT2D eigenvalue weighted by Gasteiger charge is -2.17. The standard InChI is InChI=1S/C27H28N2O2S/c1-18-11-14-22(25(28)15-18)20-12-13-21(19(2)16-20)17-32(30,31)27-10-6-7-23-24(27)8-5-9-26(23)29(3)4/h5-16H,17,28H2,1-4H3. The lowest BCUT2D eigenvalue weighted by atomic mass is 9.98. The van der Waals surface area contributed by atoms with Gasteiger partial charge in [0.25, 0.3) is 0 Å². The second-order valence-corrected chi connectivity index (χ2v) is 10.5. The van der Waals surface area contributed by atoms with Crippen LogP contribution in [0.4, 0.5) is 11.4 Å². The van der Waals surface area contributed by atoms with Crippen molar-refractivity contribution in [3.63, 3.8) is 0 Å². The maximum atomic E-state index is 13.5. The summed E-state index contributed by atoms with van der Waals surface area (Å²) < 4.78 is 26.9. The lowest BCUT2D eigenvalue weighted by Crippen LogP contribution is -2.10. The minimum Gasteiger partial charge on any atom is -0.398 e. The Bertz CT molecular complexity index is 1420. The molecule has 5 heteroatoms. The normalized spacial score (nSPS) is 11.6. The molecule has 0 saturated heterocycles. The summed E-state index contributed by atoms with van der Waals surface area (Å²) in [5, 5.41) is 1.68. The summed E-state index contributed by atoms with van der Waals surface area (Å²) in [5.41, 5.74) is 12.7. The van der Waals surface area contributed by atoms with E-state index in [0.29, 0.717) is 4.90 Å². The van der Waals surface area contributed by atoms with Crippen LogP contribution in [0.1, 0.15) is 16.7 Å². The highest BCUT2D eigenvalue weighted by Gasteiger charge is 2.20. The molecule has 0 heterocycles. The van der Waals surface area contributed by atoms with Crippen molar-refractivity contribution in [1.82, 2.24) is 0 Å². The predicted molar refractivity (Wildman–Crippen MR) is 135 cm³/mol. The van der Waals surface area contributed by atoms with Gasteiger partial charge in [-0.05, 0) is 54.3 Å². The third kappa shape index (κ3) is 4.08. The first-order chi connectivity index (χ1) is 15.2. The molecule has 4 rings (SSSR count). The summed E-state index contributed by atoms with van der Waals surface area (Å²) >= 11 is 0. The van der Waals surface area contributed by atoms with Gasteiger partial charge in [0.1, 0.15) is 0 Å². The van der Waals surface area contributed by atoms with Crippen LogP contribution in [-0.4, -0.2) is 22.5 Å². The van der Waals surface area contributed by atoms with E-state index in [2.05, 4.69) is 0 Å². The number of hydrogen-bond donors (Lipinski definition) is 1. The van der Waals surface area contributed by atoms with Gasteiger partial charge in [-0.2, -0.15) is 0 Å². The van der Waals surface area contributed by atoms with Crippen LogP contribution in [-0.2, 0) is 15.6 Å². The zero-order chi connectivity index (χ0) is 23.0. The topological polar surface area (TPSA) is 63.4 Å². The molecule has 0 amide bonds. The fourth-order valence-electron chi connectivity index (χ4n) is 4.18. The van der Waals surface area contributed by atoms with Crippen LogP contribution in [0, 0.1) is 13.8 Å². The molecule has 0 radical (unpaired) electrons. The van der Waals surface area contributed by atoms with Crippen molar-refractivity contribution in [3.8, 4) is 11.1 Å². The van der Waals surface area contributed by atoms with Crippen LogP contribution in [0.25, 0.3) is 21.9 Å². The number of fused-ring (bicyclic) bond motifs is 1. The second kappa shape index (κ2) is 8.32. The van der Waals surface area contributed by atoms with Gasteiger partial charge in [0.05, 0.1) is 10.6 Å². The molecule has 4 nitrogen and oxygen atoms in total. The number of sulfone groups is 1. The second-order valence-electron chi connectivity index (χ2n) is 8.51. The molecule has 164 valence electrons. The van der Waals surface area contributed by atoms with Gasteiger partial charge in [-0.3, -0.25) is 0 Å². The van der Waals surface area contributed by atoms with E-state index >= 15 is 0 Å². The molecule has 32 heavy (non-hydrogen) atoms. The summed E-state index contributed by atoms with van der Waals surface area (Å²) in [5.74, 6) is -0.0478. The Kier molecular flexibility index (Phi) is 5.70. The van der Waals surface area contributed by atoms with Crippen LogP contribution in [0.5, 0.6) is 0 Å². The molecule has 2 N–H and O–H groups in total. The molecular weight excluding hydrogens is 416 g/mol. The van der Waals surface area contributed by atoms with Gasteiger partial charge >= 0.3 is 0 Å². The largest absolute Gasteiger partial charge is 0.398 e. The number of rotatable bonds is 5. The van der Waals surface area contributed by atoms with E-state index in [0.717, 1.165) is 50.0 Å². The Morgan fingerprint density at radius 1 is 0.844 bits per heavy atom. The van der Waals surface area contributed by atoms with Crippen LogP contribution in [0.2, 0.25) is 0 Å². The Hall–Kier alpha value is -3.31. The van der Waals surface area contributed by atoms with E-state index in [-0.39, 0.29) is 5.75 Å². The van der Waals surface area contributed by atoms with Gasteiger partial charge in [0.2, 0.25) is 0 Å². The Morgan fingerprint density at radius 3 is 2.25 bits per heavy atom. The molecule has 0 unspecified atom stereocenters. The van der Waals surface area contributed by atoms with Crippen molar-refractivity contribution in [2.45, 2.75) is 24.5 Å². The van der Waals surface area contributed by atoms with E-state index in [4.69, 9.17) is 5.73 Å². The summed E-state index contributed by atoms with van der Waals surface area (Å²) in [6, 6.07) is 23.1. The van der Waals surface area contributed by atoms with Crippen LogP contribution >= 0.6 is 0 Å². The average Bonchev–Trinajstić information content (AvgIpc) is 2.74. The summed E-state index contributed by atoms with van der Waals surface area (Å²) in [4.78, 5) is 2.36. The maximum Gasteiger partial charge on any atom is 0.183 e. The number of nitrogens with two attached hydrogens (primary N) is 1. The van der Waals surface area contributed by atoms with E-state index in [1.807, 2.05) is 99.6 Å². The Morgan fingerprint density at radius 2 is 1.56 bits per heavy atom. The highest BCUT2D eigenvalue weighted by atomic mass is 32.2. The van der Waals surface area contributed by atoms with Crippen molar-refractivity contribution >= 4 is 32.0 Å². The van der Waals surface area contributed by atoms with Crippen LogP contribution < -0.4 is 10.6 Å². The van der Waals surface area contributed by atoms with Crippen LogP contribution in [0.3, 0.4) is 0 Å². The number of nitrogens with zero attached hydrogens (tertiary/aromatic N) is 1. The van der Waals surface area contributed by atoms with E-state index in [1.54, 1.807) is 6.07 Å². The molecule has 0 spiro atoms. The Balaban J connectivity index is 1.72. The van der Waals surface area contributed by atoms with Gasteiger partial charge in [0, 0.05) is 41.8 Å². The predicted octanol–water partition coefficient (Wildman–Crippen LogP) is 5.75. The van der Waals surface area contributed by atoms with Crippen molar-refractivity contribution in [2.75, 3.05) is 24.7 Å². The lowest BCUT2D eigenvalue weighted by molar-refractivity contribution is 0.596. The van der Waals surface area contributed by atoms with Crippen LogP contribution in [0.15, 0.2) is 77.7 Å². The molecule has 0 atom stereocenters. The van der Waals surface area contributed by atoms with E-state index in [1.165, 1.54) is 0 Å². The summed E-state index contributed by atoms with van der Waals surface area (Å²) in [6.07, 6.45) is 0. The van der Waals surface area contributed by atoms with Crippen molar-refractivity contribution in [2.24, 2.45) is 0 Å². The maximum absolute atomic E-state index is 13.5. The van der Waals surface area contributed by atoms with Gasteiger partial charge in [0.15, 0.2) is 9.84 Å². The third-order valence-corrected chi connectivity index (χ3v) is 7.60. The first kappa shape index (κ1) is 21.9. The monoisotopic (exact) mass is 444 g/mol. The fourth-order valence-corrected chi connectivity index (χ4v) is 5.87. The first-order valence-electron chi connectivity index (χ1n) is 10.6. The van der Waals surface area contributed by atoms with Gasteiger partial charge < -0.3 is 10.6 Å².